The van der Waals surface area contributed by atoms with Crippen molar-refractivity contribution in [2.24, 2.45) is 5.92 Å². The fraction of sp³-hybridized carbons (Fsp3) is 0.417. The highest BCUT2D eigenvalue weighted by Gasteiger charge is 2.31. The van der Waals surface area contributed by atoms with Crippen molar-refractivity contribution in [1.29, 1.82) is 5.26 Å². The molecule has 2 rings (SSSR count). The van der Waals surface area contributed by atoms with Gasteiger partial charge in [0.25, 0.3) is 0 Å². The van der Waals surface area contributed by atoms with Crippen molar-refractivity contribution in [1.82, 2.24) is 4.31 Å². The molecule has 18 heavy (non-hydrogen) atoms. The summed E-state index contributed by atoms with van der Waals surface area (Å²) in [5.41, 5.74) is 6.22. The van der Waals surface area contributed by atoms with Gasteiger partial charge in [0.15, 0.2) is 0 Å². The van der Waals surface area contributed by atoms with Gasteiger partial charge in [-0.3, -0.25) is 0 Å². The van der Waals surface area contributed by atoms with Gasteiger partial charge < -0.3 is 5.73 Å². The van der Waals surface area contributed by atoms with Crippen LogP contribution in [0.25, 0.3) is 0 Å². The van der Waals surface area contributed by atoms with Gasteiger partial charge in [0.1, 0.15) is 4.90 Å². The molecule has 1 aliphatic rings. The summed E-state index contributed by atoms with van der Waals surface area (Å²) in [6.45, 7) is 3.09. The second-order valence-electron chi connectivity index (χ2n) is 4.62. The molecule has 96 valence electrons. The molecular formula is C12H15N3O2S. The van der Waals surface area contributed by atoms with Gasteiger partial charge in [0.05, 0.1) is 17.3 Å². The topological polar surface area (TPSA) is 87.2 Å². The smallest absolute Gasteiger partial charge is 0.245 e. The summed E-state index contributed by atoms with van der Waals surface area (Å²) in [7, 11) is -3.53. The first-order chi connectivity index (χ1) is 8.45. The summed E-state index contributed by atoms with van der Waals surface area (Å²) in [5, 5.41) is 8.74. The summed E-state index contributed by atoms with van der Waals surface area (Å²) in [4.78, 5) is 0.0931. The van der Waals surface area contributed by atoms with Crippen LogP contribution < -0.4 is 5.73 Å². The zero-order chi connectivity index (χ0) is 13.3. The number of hydrogen-bond donors (Lipinski definition) is 1. The number of rotatable bonds is 2. The maximum atomic E-state index is 12.4. The van der Waals surface area contributed by atoms with Crippen LogP contribution in [0.5, 0.6) is 0 Å². The van der Waals surface area contributed by atoms with Gasteiger partial charge in [0.2, 0.25) is 10.0 Å². The standard InChI is InChI=1S/C12H15N3O2S/c1-9-4-5-15(8-9)18(16,17)12-3-2-10(7-13)6-11(12)14/h2-3,6,9H,4-5,8,14H2,1H3. The minimum Gasteiger partial charge on any atom is -0.398 e. The predicted octanol–water partition coefficient (Wildman–Crippen LogP) is 1.17. The molecule has 0 radical (unpaired) electrons. The van der Waals surface area contributed by atoms with Crippen molar-refractivity contribution >= 4 is 15.7 Å². The van der Waals surface area contributed by atoms with Gasteiger partial charge >= 0.3 is 0 Å². The molecule has 2 N–H and O–H groups in total. The minimum atomic E-state index is -3.53. The number of benzene rings is 1. The Balaban J connectivity index is 2.39. The van der Waals surface area contributed by atoms with E-state index in [-0.39, 0.29) is 10.6 Å². The molecule has 0 spiro atoms. The molecular weight excluding hydrogens is 250 g/mol. The molecule has 0 aliphatic carbocycles. The van der Waals surface area contributed by atoms with Crippen molar-refractivity contribution in [3.05, 3.63) is 23.8 Å². The first-order valence-electron chi connectivity index (χ1n) is 5.75. The molecule has 0 bridgehead atoms. The largest absolute Gasteiger partial charge is 0.398 e. The fourth-order valence-electron chi connectivity index (χ4n) is 2.10. The maximum absolute atomic E-state index is 12.4. The lowest BCUT2D eigenvalue weighted by Gasteiger charge is -2.17. The van der Waals surface area contributed by atoms with E-state index in [4.69, 9.17) is 11.0 Å². The Morgan fingerprint density at radius 1 is 1.50 bits per heavy atom. The molecule has 1 heterocycles. The molecule has 1 fully saturated rings. The molecule has 1 atom stereocenters. The molecule has 0 saturated carbocycles. The monoisotopic (exact) mass is 265 g/mol. The predicted molar refractivity (Wildman–Crippen MR) is 68.1 cm³/mol. The zero-order valence-electron chi connectivity index (χ0n) is 10.1. The van der Waals surface area contributed by atoms with Crippen LogP contribution in [0, 0.1) is 17.2 Å². The Labute approximate surface area is 107 Å². The highest BCUT2D eigenvalue weighted by molar-refractivity contribution is 7.89. The first-order valence-corrected chi connectivity index (χ1v) is 7.19. The number of nitriles is 1. The summed E-state index contributed by atoms with van der Waals surface area (Å²) < 4.78 is 26.2. The van der Waals surface area contributed by atoms with E-state index in [1.165, 1.54) is 22.5 Å². The number of nitrogens with zero attached hydrogens (tertiary/aromatic N) is 2. The molecule has 1 aliphatic heterocycles. The average molecular weight is 265 g/mol. The van der Waals surface area contributed by atoms with Crippen LogP contribution in [0.3, 0.4) is 0 Å². The van der Waals surface area contributed by atoms with Gasteiger partial charge in [-0.15, -0.1) is 0 Å². The third kappa shape index (κ3) is 2.19. The van der Waals surface area contributed by atoms with Gasteiger partial charge in [-0.05, 0) is 30.5 Å². The second-order valence-corrected chi connectivity index (χ2v) is 6.53. The SMILES string of the molecule is CC1CCN(S(=O)(=O)c2ccc(C#N)cc2N)C1. The van der Waals surface area contributed by atoms with E-state index in [0.29, 0.717) is 24.6 Å². The van der Waals surface area contributed by atoms with Crippen LogP contribution in [0.2, 0.25) is 0 Å². The molecule has 1 saturated heterocycles. The van der Waals surface area contributed by atoms with E-state index >= 15 is 0 Å². The van der Waals surface area contributed by atoms with Gasteiger partial charge in [-0.2, -0.15) is 9.57 Å². The van der Waals surface area contributed by atoms with Gasteiger partial charge in [-0.25, -0.2) is 8.42 Å². The maximum Gasteiger partial charge on any atom is 0.245 e. The fourth-order valence-corrected chi connectivity index (χ4v) is 3.78. The lowest BCUT2D eigenvalue weighted by molar-refractivity contribution is 0.465. The van der Waals surface area contributed by atoms with Crippen molar-refractivity contribution < 1.29 is 8.42 Å². The van der Waals surface area contributed by atoms with E-state index in [1.807, 2.05) is 13.0 Å². The molecule has 1 aromatic rings. The number of nitrogen functional groups attached to an aromatic ring is 1. The molecule has 1 aromatic carbocycles. The van der Waals surface area contributed by atoms with E-state index in [1.54, 1.807) is 0 Å². The van der Waals surface area contributed by atoms with Crippen molar-refractivity contribution in [2.45, 2.75) is 18.2 Å². The average Bonchev–Trinajstić information content (AvgIpc) is 2.76. The van der Waals surface area contributed by atoms with Crippen LogP contribution >= 0.6 is 0 Å². The number of anilines is 1. The number of hydrogen-bond acceptors (Lipinski definition) is 4. The van der Waals surface area contributed by atoms with E-state index in [9.17, 15) is 8.42 Å². The van der Waals surface area contributed by atoms with Crippen LogP contribution in [0.1, 0.15) is 18.9 Å². The lowest BCUT2D eigenvalue weighted by atomic mass is 10.2. The Morgan fingerprint density at radius 3 is 2.72 bits per heavy atom. The summed E-state index contributed by atoms with van der Waals surface area (Å²) in [5.74, 6) is 0.374. The van der Waals surface area contributed by atoms with Crippen molar-refractivity contribution in [2.75, 3.05) is 18.8 Å². The van der Waals surface area contributed by atoms with E-state index in [2.05, 4.69) is 0 Å². The third-order valence-corrected chi connectivity index (χ3v) is 5.08. The zero-order valence-corrected chi connectivity index (χ0v) is 10.9. The molecule has 6 heteroatoms. The molecule has 0 amide bonds. The quantitative estimate of drug-likeness (QED) is 0.813. The van der Waals surface area contributed by atoms with Gasteiger partial charge in [0, 0.05) is 13.1 Å². The van der Waals surface area contributed by atoms with Gasteiger partial charge in [-0.1, -0.05) is 6.92 Å². The van der Waals surface area contributed by atoms with E-state index < -0.39 is 10.0 Å². The summed E-state index contributed by atoms with van der Waals surface area (Å²) in [6.07, 6.45) is 0.870. The second kappa shape index (κ2) is 4.59. The van der Waals surface area contributed by atoms with Crippen molar-refractivity contribution in [3.8, 4) is 6.07 Å². The Bertz CT molecular complexity index is 604. The normalized spacial score (nSPS) is 20.8. The van der Waals surface area contributed by atoms with Crippen LogP contribution in [0.15, 0.2) is 23.1 Å². The number of nitrogens with two attached hydrogens (primary N) is 1. The Kier molecular flexibility index (Phi) is 3.28. The first kappa shape index (κ1) is 12.9. The van der Waals surface area contributed by atoms with Crippen molar-refractivity contribution in [3.63, 3.8) is 0 Å². The summed E-state index contributed by atoms with van der Waals surface area (Å²) in [6, 6.07) is 6.21. The molecule has 0 aromatic heterocycles. The highest BCUT2D eigenvalue weighted by Crippen LogP contribution is 2.27. The Hall–Kier alpha value is -1.58. The van der Waals surface area contributed by atoms with Crippen LogP contribution in [-0.4, -0.2) is 25.8 Å². The Morgan fingerprint density at radius 2 is 2.22 bits per heavy atom. The lowest BCUT2D eigenvalue weighted by Crippen LogP contribution is -2.29. The summed E-state index contributed by atoms with van der Waals surface area (Å²) >= 11 is 0. The van der Waals surface area contributed by atoms with Crippen LogP contribution in [0.4, 0.5) is 5.69 Å². The number of sulfonamides is 1. The minimum absolute atomic E-state index is 0.0931. The van der Waals surface area contributed by atoms with E-state index in [0.717, 1.165) is 6.42 Å². The third-order valence-electron chi connectivity index (χ3n) is 3.14. The molecule has 5 nitrogen and oxygen atoms in total. The highest BCUT2D eigenvalue weighted by atomic mass is 32.2. The molecule has 1 unspecified atom stereocenters. The van der Waals surface area contributed by atoms with Crippen LogP contribution in [-0.2, 0) is 10.0 Å².